The van der Waals surface area contributed by atoms with Gasteiger partial charge < -0.3 is 9.47 Å². The van der Waals surface area contributed by atoms with Gasteiger partial charge in [0.05, 0.1) is 34.4 Å². The number of amides is 1. The first-order valence-electron chi connectivity index (χ1n) is 8.38. The van der Waals surface area contributed by atoms with Crippen LogP contribution >= 0.6 is 45.9 Å². The normalized spacial score (nSPS) is 16.8. The molecule has 0 spiro atoms. The predicted molar refractivity (Wildman–Crippen MR) is 111 cm³/mol. The highest BCUT2D eigenvalue weighted by molar-refractivity contribution is 7.22. The van der Waals surface area contributed by atoms with E-state index in [0.29, 0.717) is 38.3 Å². The summed E-state index contributed by atoms with van der Waals surface area (Å²) in [6.45, 7) is 1.14. The molecule has 3 heterocycles. The first-order chi connectivity index (χ1) is 13.1. The summed E-state index contributed by atoms with van der Waals surface area (Å²) in [5.74, 6) is 0.452. The third-order valence-electron chi connectivity index (χ3n) is 4.36. The Labute approximate surface area is 174 Å². The minimum atomic E-state index is -0.225. The number of benzene rings is 1. The Morgan fingerprint density at radius 3 is 2.93 bits per heavy atom. The fourth-order valence-electron chi connectivity index (χ4n) is 3.06. The SMILES string of the molecule is COc1cccc2sc(N(C[C@H]3CCCO3)C(=O)c3cc(Cl)sc3Cl)nc12. The molecule has 1 atom stereocenters. The number of anilines is 1. The number of hydrogen-bond acceptors (Lipinski definition) is 6. The van der Waals surface area contributed by atoms with Crippen LogP contribution in [0.2, 0.25) is 8.67 Å². The molecule has 1 amide bonds. The van der Waals surface area contributed by atoms with Gasteiger partial charge in [0.1, 0.15) is 15.6 Å². The molecular weight excluding hydrogens is 427 g/mol. The summed E-state index contributed by atoms with van der Waals surface area (Å²) in [6, 6.07) is 7.33. The van der Waals surface area contributed by atoms with Crippen molar-refractivity contribution in [1.82, 2.24) is 4.98 Å². The van der Waals surface area contributed by atoms with E-state index in [4.69, 9.17) is 32.7 Å². The molecule has 27 heavy (non-hydrogen) atoms. The third-order valence-corrected chi connectivity index (χ3v) is 6.90. The number of fused-ring (bicyclic) bond motifs is 1. The number of hydrogen-bond donors (Lipinski definition) is 0. The second kappa shape index (κ2) is 7.93. The topological polar surface area (TPSA) is 51.7 Å². The number of carbonyl (C=O) groups excluding carboxylic acids is 1. The van der Waals surface area contributed by atoms with Gasteiger partial charge in [-0.1, -0.05) is 40.6 Å². The molecule has 0 saturated carbocycles. The van der Waals surface area contributed by atoms with E-state index in [2.05, 4.69) is 4.98 Å². The molecule has 0 radical (unpaired) electrons. The van der Waals surface area contributed by atoms with Gasteiger partial charge in [0, 0.05) is 6.61 Å². The van der Waals surface area contributed by atoms with Gasteiger partial charge in [-0.2, -0.15) is 0 Å². The van der Waals surface area contributed by atoms with Crippen molar-refractivity contribution in [1.29, 1.82) is 0 Å². The molecule has 0 unspecified atom stereocenters. The number of rotatable bonds is 5. The summed E-state index contributed by atoms with van der Waals surface area (Å²) in [6.07, 6.45) is 1.89. The van der Waals surface area contributed by atoms with Crippen molar-refractivity contribution < 1.29 is 14.3 Å². The number of halogens is 2. The number of ether oxygens (including phenoxy) is 2. The monoisotopic (exact) mass is 442 g/mol. The number of carbonyl (C=O) groups is 1. The maximum Gasteiger partial charge on any atom is 0.262 e. The maximum absolute atomic E-state index is 13.3. The van der Waals surface area contributed by atoms with Crippen molar-refractivity contribution in [2.45, 2.75) is 18.9 Å². The molecular formula is C18H16Cl2N2O3S2. The third kappa shape index (κ3) is 3.79. The summed E-state index contributed by atoms with van der Waals surface area (Å²) in [5.41, 5.74) is 1.12. The Bertz CT molecular complexity index is 982. The van der Waals surface area contributed by atoms with Gasteiger partial charge in [-0.3, -0.25) is 9.69 Å². The largest absolute Gasteiger partial charge is 0.494 e. The fraction of sp³-hybridized carbons (Fsp3) is 0.333. The van der Waals surface area contributed by atoms with Crippen LogP contribution in [0, 0.1) is 0 Å². The first-order valence-corrected chi connectivity index (χ1v) is 10.8. The Kier molecular flexibility index (Phi) is 5.57. The van der Waals surface area contributed by atoms with Crippen LogP contribution in [0.1, 0.15) is 23.2 Å². The van der Waals surface area contributed by atoms with Gasteiger partial charge in [-0.25, -0.2) is 4.98 Å². The summed E-state index contributed by atoms with van der Waals surface area (Å²) in [7, 11) is 1.61. The summed E-state index contributed by atoms with van der Waals surface area (Å²) in [4.78, 5) is 19.6. The van der Waals surface area contributed by atoms with E-state index in [-0.39, 0.29) is 12.0 Å². The first kappa shape index (κ1) is 19.0. The van der Waals surface area contributed by atoms with Crippen LogP contribution in [0.3, 0.4) is 0 Å². The lowest BCUT2D eigenvalue weighted by atomic mass is 10.2. The predicted octanol–water partition coefficient (Wildman–Crippen LogP) is 5.50. The molecule has 1 fully saturated rings. The van der Waals surface area contributed by atoms with Crippen LogP contribution in [-0.2, 0) is 4.74 Å². The molecule has 0 bridgehead atoms. The van der Waals surface area contributed by atoms with E-state index in [1.807, 2.05) is 18.2 Å². The van der Waals surface area contributed by atoms with Crippen molar-refractivity contribution >= 4 is 67.1 Å². The number of thiazole rings is 1. The lowest BCUT2D eigenvalue weighted by Crippen LogP contribution is -2.37. The molecule has 0 aliphatic carbocycles. The average molecular weight is 443 g/mol. The fourth-order valence-corrected chi connectivity index (χ4v) is 5.50. The van der Waals surface area contributed by atoms with Gasteiger partial charge in [0.2, 0.25) is 0 Å². The average Bonchev–Trinajstić information content (AvgIpc) is 3.38. The van der Waals surface area contributed by atoms with Crippen LogP contribution in [0.15, 0.2) is 24.3 Å². The van der Waals surface area contributed by atoms with E-state index in [0.717, 1.165) is 23.1 Å². The minimum absolute atomic E-state index is 0.0178. The second-order valence-corrected chi connectivity index (χ2v) is 9.39. The summed E-state index contributed by atoms with van der Waals surface area (Å²) < 4.78 is 13.0. The molecule has 1 aliphatic heterocycles. The van der Waals surface area contributed by atoms with Crippen molar-refractivity contribution in [2.75, 3.05) is 25.2 Å². The lowest BCUT2D eigenvalue weighted by molar-refractivity contribution is 0.0918. The van der Waals surface area contributed by atoms with Gasteiger partial charge >= 0.3 is 0 Å². The highest BCUT2D eigenvalue weighted by Crippen LogP contribution is 2.37. The van der Waals surface area contributed by atoms with Gasteiger partial charge in [-0.15, -0.1) is 11.3 Å². The zero-order chi connectivity index (χ0) is 19.0. The molecule has 9 heteroatoms. The summed E-state index contributed by atoms with van der Waals surface area (Å²) in [5, 5.41) is 0.591. The highest BCUT2D eigenvalue weighted by atomic mass is 35.5. The molecule has 1 saturated heterocycles. The van der Waals surface area contributed by atoms with E-state index in [9.17, 15) is 4.79 Å². The van der Waals surface area contributed by atoms with E-state index < -0.39 is 0 Å². The van der Waals surface area contributed by atoms with Crippen molar-refractivity contribution in [3.8, 4) is 5.75 Å². The van der Waals surface area contributed by atoms with Crippen molar-refractivity contribution in [2.24, 2.45) is 0 Å². The molecule has 142 valence electrons. The zero-order valence-electron chi connectivity index (χ0n) is 14.4. The van der Waals surface area contributed by atoms with Crippen LogP contribution in [0.5, 0.6) is 5.75 Å². The number of methoxy groups -OCH3 is 1. The van der Waals surface area contributed by atoms with Crippen LogP contribution < -0.4 is 9.64 Å². The van der Waals surface area contributed by atoms with Gasteiger partial charge in [0.25, 0.3) is 5.91 Å². The molecule has 2 aromatic heterocycles. The van der Waals surface area contributed by atoms with Crippen LogP contribution in [-0.4, -0.2) is 37.3 Å². The van der Waals surface area contributed by atoms with Crippen molar-refractivity contribution in [3.05, 3.63) is 38.5 Å². The molecule has 3 aromatic rings. The van der Waals surface area contributed by atoms with Crippen LogP contribution in [0.4, 0.5) is 5.13 Å². The van der Waals surface area contributed by atoms with Gasteiger partial charge in [0.15, 0.2) is 5.13 Å². The molecule has 4 rings (SSSR count). The number of aromatic nitrogens is 1. The Hall–Kier alpha value is -1.38. The molecule has 1 aliphatic rings. The zero-order valence-corrected chi connectivity index (χ0v) is 17.6. The molecule has 5 nitrogen and oxygen atoms in total. The highest BCUT2D eigenvalue weighted by Gasteiger charge is 2.29. The Balaban J connectivity index is 1.75. The molecule has 0 N–H and O–H groups in total. The smallest absolute Gasteiger partial charge is 0.262 e. The molecule has 1 aromatic carbocycles. The van der Waals surface area contributed by atoms with Crippen LogP contribution in [0.25, 0.3) is 10.2 Å². The maximum atomic E-state index is 13.3. The number of para-hydroxylation sites is 1. The van der Waals surface area contributed by atoms with Gasteiger partial charge in [-0.05, 0) is 31.0 Å². The number of nitrogens with zero attached hydrogens (tertiary/aromatic N) is 2. The minimum Gasteiger partial charge on any atom is -0.494 e. The van der Waals surface area contributed by atoms with Crippen molar-refractivity contribution in [3.63, 3.8) is 0 Å². The lowest BCUT2D eigenvalue weighted by Gasteiger charge is -2.22. The summed E-state index contributed by atoms with van der Waals surface area (Å²) >= 11 is 14.9. The second-order valence-electron chi connectivity index (χ2n) is 6.09. The van der Waals surface area contributed by atoms with E-state index in [1.54, 1.807) is 18.1 Å². The Morgan fingerprint density at radius 1 is 1.41 bits per heavy atom. The van der Waals surface area contributed by atoms with E-state index in [1.165, 1.54) is 22.7 Å². The standard InChI is InChI=1S/C18H16Cl2N2O3S2/c1-24-12-5-2-6-13-15(12)21-18(26-13)22(9-10-4-3-7-25-10)17(23)11-8-14(19)27-16(11)20/h2,5-6,8,10H,3-4,7,9H2,1H3/t10-/m1/s1. The Morgan fingerprint density at radius 2 is 2.26 bits per heavy atom. The quantitative estimate of drug-likeness (QED) is 0.523. The van der Waals surface area contributed by atoms with E-state index >= 15 is 0 Å². The number of thiophene rings is 1.